The maximum Gasteiger partial charge on any atom is 0.306 e. The third kappa shape index (κ3) is 10.4. The minimum atomic E-state index is -0.964. The van der Waals surface area contributed by atoms with Gasteiger partial charge in [-0.25, -0.2) is 0 Å². The van der Waals surface area contributed by atoms with E-state index in [1.54, 1.807) is 0 Å². The number of hydrogen-bond acceptors (Lipinski definition) is 3. The molecule has 0 bridgehead atoms. The lowest BCUT2D eigenvalue weighted by Crippen LogP contribution is -2.13. The van der Waals surface area contributed by atoms with Crippen LogP contribution in [0, 0.1) is 0 Å². The molecule has 0 aliphatic rings. The van der Waals surface area contributed by atoms with E-state index in [0.29, 0.717) is 0 Å². The maximum absolute atomic E-state index is 11.4. The number of fused-ring (bicyclic) bond motifs is 1. The van der Waals surface area contributed by atoms with Gasteiger partial charge in [0.1, 0.15) is 0 Å². The number of carbonyl (C=O) groups is 2. The molecule has 2 N–H and O–H groups in total. The van der Waals surface area contributed by atoms with Crippen LogP contribution in [-0.4, -0.2) is 28.8 Å². The molecule has 0 fully saturated rings. The number of ether oxygens (including phenoxy) is 1. The Balaban J connectivity index is 1.93. The molecule has 0 aliphatic carbocycles. The second-order valence-electron chi connectivity index (χ2n) is 8.94. The summed E-state index contributed by atoms with van der Waals surface area (Å²) in [5.41, 5.74) is 2.05. The topological polar surface area (TPSA) is 83.8 Å². The van der Waals surface area contributed by atoms with Crippen LogP contribution in [0.5, 0.6) is 0 Å². The molecule has 1 unspecified atom stereocenters. The molecule has 1 atom stereocenters. The Bertz CT molecular complexity index is 860. The van der Waals surface area contributed by atoms with Gasteiger partial charge in [-0.05, 0) is 34.7 Å². The smallest absolute Gasteiger partial charge is 0.306 e. The third-order valence-electron chi connectivity index (χ3n) is 6.14. The minimum Gasteiger partial charge on any atom is -0.481 e. The molecule has 33 heavy (non-hydrogen) atoms. The van der Waals surface area contributed by atoms with Crippen LogP contribution in [-0.2, 0) is 20.7 Å². The molecule has 5 nitrogen and oxygen atoms in total. The molecule has 0 saturated heterocycles. The summed E-state index contributed by atoms with van der Waals surface area (Å²) >= 11 is 0. The highest BCUT2D eigenvalue weighted by Crippen LogP contribution is 2.30. The number of hydrogen-bond donors (Lipinski definition) is 2. The second-order valence-corrected chi connectivity index (χ2v) is 8.94. The van der Waals surface area contributed by atoms with Crippen LogP contribution in [0.25, 0.3) is 10.8 Å². The van der Waals surface area contributed by atoms with Crippen molar-refractivity contribution in [1.29, 1.82) is 0 Å². The van der Waals surface area contributed by atoms with Gasteiger partial charge in [-0.3, -0.25) is 9.59 Å². The molecular weight excluding hydrogens is 416 g/mol. The van der Waals surface area contributed by atoms with E-state index in [9.17, 15) is 14.7 Å². The van der Waals surface area contributed by atoms with Crippen molar-refractivity contribution in [1.82, 2.24) is 0 Å². The number of benzene rings is 2. The van der Waals surface area contributed by atoms with Gasteiger partial charge in [-0.15, -0.1) is 0 Å². The number of rotatable bonds is 18. The first-order valence-corrected chi connectivity index (χ1v) is 12.6. The molecule has 0 amide bonds. The highest BCUT2D eigenvalue weighted by molar-refractivity contribution is 5.87. The summed E-state index contributed by atoms with van der Waals surface area (Å²) in [4.78, 5) is 22.2. The number of carboxylic acids is 2. The summed E-state index contributed by atoms with van der Waals surface area (Å²) in [6, 6.07) is 12.2. The van der Waals surface area contributed by atoms with Gasteiger partial charge in [-0.2, -0.15) is 0 Å². The minimum absolute atomic E-state index is 0.0119. The number of carboxylic acid groups (broad SMARTS) is 2. The number of unbranched alkanes of at least 4 members (excludes halogenated alkanes) is 9. The average molecular weight is 457 g/mol. The Kier molecular flexibility index (Phi) is 12.6. The van der Waals surface area contributed by atoms with Crippen LogP contribution >= 0.6 is 0 Å². The first kappa shape index (κ1) is 26.8. The first-order valence-electron chi connectivity index (χ1n) is 12.6. The molecule has 0 radical (unpaired) electrons. The molecule has 2 rings (SSSR count). The Morgan fingerprint density at radius 3 is 2.15 bits per heavy atom. The van der Waals surface area contributed by atoms with Crippen LogP contribution in [0.1, 0.15) is 101 Å². The molecular formula is C28H40O5. The van der Waals surface area contributed by atoms with E-state index in [0.717, 1.165) is 29.2 Å². The molecule has 5 heteroatoms. The third-order valence-corrected chi connectivity index (χ3v) is 6.14. The largest absolute Gasteiger partial charge is 0.481 e. The van der Waals surface area contributed by atoms with E-state index in [-0.39, 0.29) is 19.4 Å². The fourth-order valence-electron chi connectivity index (χ4n) is 4.30. The Labute approximate surface area is 198 Å². The predicted octanol–water partition coefficient (Wildman–Crippen LogP) is 7.31. The van der Waals surface area contributed by atoms with E-state index >= 15 is 0 Å². The van der Waals surface area contributed by atoms with Crippen molar-refractivity contribution in [3.8, 4) is 0 Å². The highest BCUT2D eigenvalue weighted by atomic mass is 16.5. The van der Waals surface area contributed by atoms with E-state index in [1.165, 1.54) is 63.4 Å². The van der Waals surface area contributed by atoms with Crippen molar-refractivity contribution < 1.29 is 24.5 Å². The molecule has 2 aromatic carbocycles. The Morgan fingerprint density at radius 1 is 0.848 bits per heavy atom. The molecule has 0 heterocycles. The molecule has 2 aromatic rings. The molecule has 0 spiro atoms. The summed E-state index contributed by atoms with van der Waals surface area (Å²) in [5.74, 6) is -1.92. The maximum atomic E-state index is 11.4. The first-order chi connectivity index (χ1) is 16.0. The average Bonchev–Trinajstić information content (AvgIpc) is 2.78. The van der Waals surface area contributed by atoms with E-state index in [1.807, 2.05) is 18.2 Å². The van der Waals surface area contributed by atoms with Crippen LogP contribution in [0.4, 0.5) is 0 Å². The zero-order valence-electron chi connectivity index (χ0n) is 20.1. The normalized spacial score (nSPS) is 12.2. The van der Waals surface area contributed by atoms with Gasteiger partial charge in [-0.1, -0.05) is 101 Å². The SMILES string of the molecule is CCCCCCCCCCCCc1ccc2cccc(C(CC(=O)O)OCCC(=O)O)c2c1. The molecule has 0 aromatic heterocycles. The van der Waals surface area contributed by atoms with E-state index in [2.05, 4.69) is 25.1 Å². The quantitative estimate of drug-likeness (QED) is 0.230. The van der Waals surface area contributed by atoms with Gasteiger partial charge >= 0.3 is 11.9 Å². The van der Waals surface area contributed by atoms with E-state index < -0.39 is 18.0 Å². The van der Waals surface area contributed by atoms with Crippen molar-refractivity contribution in [3.63, 3.8) is 0 Å². The van der Waals surface area contributed by atoms with Crippen molar-refractivity contribution in [2.45, 2.75) is 96.5 Å². The second kappa shape index (κ2) is 15.4. The zero-order valence-corrected chi connectivity index (χ0v) is 20.1. The number of aliphatic carboxylic acids is 2. The van der Waals surface area contributed by atoms with Crippen LogP contribution in [0.15, 0.2) is 36.4 Å². The standard InChI is InChI=1S/C28H40O5/c1-2-3-4-5-6-7-8-9-10-11-13-22-16-17-23-14-12-15-24(25(23)20-22)26(21-28(31)32)33-19-18-27(29)30/h12,14-17,20,26H,2-11,13,18-19,21H2,1H3,(H,29,30)(H,31,32). The van der Waals surface area contributed by atoms with Crippen molar-refractivity contribution in [2.75, 3.05) is 6.61 Å². The van der Waals surface area contributed by atoms with Crippen molar-refractivity contribution in [2.24, 2.45) is 0 Å². The summed E-state index contributed by atoms with van der Waals surface area (Å²) < 4.78 is 5.70. The van der Waals surface area contributed by atoms with Crippen LogP contribution in [0.3, 0.4) is 0 Å². The van der Waals surface area contributed by atoms with Crippen molar-refractivity contribution in [3.05, 3.63) is 47.5 Å². The fraction of sp³-hybridized carbons (Fsp3) is 0.571. The van der Waals surface area contributed by atoms with Gasteiger partial charge in [0.25, 0.3) is 0 Å². The highest BCUT2D eigenvalue weighted by Gasteiger charge is 2.19. The van der Waals surface area contributed by atoms with Gasteiger partial charge < -0.3 is 14.9 Å². The molecule has 0 aliphatic heterocycles. The zero-order chi connectivity index (χ0) is 23.9. The number of aryl methyl sites for hydroxylation is 1. The lowest BCUT2D eigenvalue weighted by molar-refractivity contribution is -0.141. The summed E-state index contributed by atoms with van der Waals surface area (Å²) in [7, 11) is 0. The summed E-state index contributed by atoms with van der Waals surface area (Å²) in [6.07, 6.45) is 13.1. The predicted molar refractivity (Wildman–Crippen MR) is 133 cm³/mol. The summed E-state index contributed by atoms with van der Waals surface area (Å²) in [6.45, 7) is 2.24. The summed E-state index contributed by atoms with van der Waals surface area (Å²) in [5, 5.41) is 20.3. The van der Waals surface area contributed by atoms with Gasteiger partial charge in [0.05, 0.1) is 25.6 Å². The van der Waals surface area contributed by atoms with Gasteiger partial charge in [0.2, 0.25) is 0 Å². The molecule has 0 saturated carbocycles. The van der Waals surface area contributed by atoms with Crippen LogP contribution in [0.2, 0.25) is 0 Å². The fourth-order valence-corrected chi connectivity index (χ4v) is 4.30. The van der Waals surface area contributed by atoms with E-state index in [4.69, 9.17) is 9.84 Å². The lowest BCUT2D eigenvalue weighted by atomic mass is 9.95. The van der Waals surface area contributed by atoms with Crippen LogP contribution < -0.4 is 0 Å². The lowest BCUT2D eigenvalue weighted by Gasteiger charge is -2.19. The Hall–Kier alpha value is -2.40. The Morgan fingerprint density at radius 2 is 1.52 bits per heavy atom. The van der Waals surface area contributed by atoms with Gasteiger partial charge in [0, 0.05) is 0 Å². The van der Waals surface area contributed by atoms with Crippen molar-refractivity contribution >= 4 is 22.7 Å². The van der Waals surface area contributed by atoms with Gasteiger partial charge in [0.15, 0.2) is 0 Å². The molecule has 182 valence electrons. The monoisotopic (exact) mass is 456 g/mol.